The van der Waals surface area contributed by atoms with Gasteiger partial charge in [-0.15, -0.1) is 0 Å². The van der Waals surface area contributed by atoms with Crippen molar-refractivity contribution in [1.29, 1.82) is 0 Å². The predicted octanol–water partition coefficient (Wildman–Crippen LogP) is 4.82. The molecule has 0 aromatic heterocycles. The highest BCUT2D eigenvalue weighted by atomic mass is 16.8. The number of hydrogen-bond acceptors (Lipinski definition) is 11. The van der Waals surface area contributed by atoms with E-state index in [0.29, 0.717) is 11.8 Å². The first-order valence-corrected chi connectivity index (χ1v) is 20.0. The zero-order chi connectivity index (χ0) is 37.6. The quantitative estimate of drug-likeness (QED) is 0.196. The summed E-state index contributed by atoms with van der Waals surface area (Å²) in [7, 11) is 0. The maximum atomic E-state index is 12.9. The molecule has 0 amide bonds. The molecule has 292 valence electrons. The zero-order valence-electron chi connectivity index (χ0n) is 32.6. The fourth-order valence-electron chi connectivity index (χ4n) is 14.8. The molecule has 8 rings (SSSR count). The van der Waals surface area contributed by atoms with Crippen LogP contribution in [0.1, 0.15) is 114 Å². The summed E-state index contributed by atoms with van der Waals surface area (Å²) in [5, 5.41) is 34.1. The Kier molecular flexibility index (Phi) is 8.41. The second-order valence-corrected chi connectivity index (χ2v) is 19.7. The van der Waals surface area contributed by atoms with Crippen LogP contribution >= 0.6 is 0 Å². The van der Waals surface area contributed by atoms with Gasteiger partial charge in [0.2, 0.25) is 0 Å². The number of allylic oxidation sites excluding steroid dienone is 1. The van der Waals surface area contributed by atoms with Crippen molar-refractivity contribution in [3.63, 3.8) is 0 Å². The Morgan fingerprint density at radius 3 is 2.33 bits per heavy atom. The molecule has 3 saturated heterocycles. The summed E-state index contributed by atoms with van der Waals surface area (Å²) >= 11 is 0. The van der Waals surface area contributed by atoms with Crippen LogP contribution < -0.4 is 0 Å². The molecule has 3 heterocycles. The van der Waals surface area contributed by atoms with Crippen LogP contribution in [0.15, 0.2) is 12.2 Å². The third kappa shape index (κ3) is 4.62. The summed E-state index contributed by atoms with van der Waals surface area (Å²) in [6.07, 6.45) is 4.27. The highest BCUT2D eigenvalue weighted by molar-refractivity contribution is 5.82. The lowest BCUT2D eigenvalue weighted by molar-refractivity contribution is -0.305. The average Bonchev–Trinajstić information content (AvgIpc) is 3.57. The largest absolute Gasteiger partial charge is 0.457 e. The van der Waals surface area contributed by atoms with Crippen molar-refractivity contribution < 1.29 is 53.3 Å². The van der Waals surface area contributed by atoms with Gasteiger partial charge in [0.05, 0.1) is 18.8 Å². The molecule has 8 aliphatic rings. The Morgan fingerprint density at radius 1 is 0.942 bits per heavy atom. The molecule has 3 aliphatic heterocycles. The van der Waals surface area contributed by atoms with Gasteiger partial charge < -0.3 is 43.7 Å². The van der Waals surface area contributed by atoms with E-state index in [4.69, 9.17) is 28.4 Å². The van der Waals surface area contributed by atoms with E-state index in [1.165, 1.54) is 13.0 Å². The molecule has 8 fully saturated rings. The molecule has 11 heteroatoms. The van der Waals surface area contributed by atoms with Crippen LogP contribution in [0.4, 0.5) is 0 Å². The van der Waals surface area contributed by atoms with Crippen molar-refractivity contribution in [3.8, 4) is 0 Å². The van der Waals surface area contributed by atoms with Crippen LogP contribution in [-0.2, 0) is 38.0 Å². The Bertz CT molecular complexity index is 1510. The number of carbonyl (C=O) groups is 2. The van der Waals surface area contributed by atoms with Gasteiger partial charge in [0.25, 0.3) is 0 Å². The molecule has 2 bridgehead atoms. The summed E-state index contributed by atoms with van der Waals surface area (Å²) in [6.45, 7) is 18.5. The van der Waals surface area contributed by atoms with Gasteiger partial charge in [-0.25, -0.2) is 4.79 Å². The van der Waals surface area contributed by atoms with E-state index < -0.39 is 59.6 Å². The second-order valence-electron chi connectivity index (χ2n) is 19.7. The Labute approximate surface area is 308 Å². The van der Waals surface area contributed by atoms with Crippen molar-refractivity contribution in [2.75, 3.05) is 6.61 Å². The second kappa shape index (κ2) is 11.7. The van der Waals surface area contributed by atoms with Gasteiger partial charge >= 0.3 is 11.9 Å². The van der Waals surface area contributed by atoms with E-state index in [9.17, 15) is 24.9 Å². The number of aliphatic hydroxyl groups is 3. The smallest absolute Gasteiger partial charge is 0.330 e. The van der Waals surface area contributed by atoms with Gasteiger partial charge in [-0.05, 0) is 112 Å². The third-order valence-corrected chi connectivity index (χ3v) is 16.8. The van der Waals surface area contributed by atoms with Crippen LogP contribution in [0, 0.1) is 50.7 Å². The van der Waals surface area contributed by atoms with E-state index in [2.05, 4.69) is 34.6 Å². The molecular weight excluding hydrogens is 668 g/mol. The molecule has 0 aromatic rings. The maximum Gasteiger partial charge on any atom is 0.330 e. The molecule has 3 N–H and O–H groups in total. The number of aliphatic hydroxyl groups excluding tert-OH is 3. The molecule has 52 heavy (non-hydrogen) atoms. The molecule has 17 unspecified atom stereocenters. The van der Waals surface area contributed by atoms with E-state index >= 15 is 0 Å². The van der Waals surface area contributed by atoms with Gasteiger partial charge in [0.1, 0.15) is 30.0 Å². The lowest BCUT2D eigenvalue weighted by Crippen LogP contribution is -2.61. The third-order valence-electron chi connectivity index (χ3n) is 16.8. The van der Waals surface area contributed by atoms with Crippen molar-refractivity contribution in [2.45, 2.75) is 174 Å². The normalized spacial score (nSPS) is 54.3. The molecule has 0 aromatic carbocycles. The lowest BCUT2D eigenvalue weighted by Gasteiger charge is -2.63. The van der Waals surface area contributed by atoms with Gasteiger partial charge in [-0.2, -0.15) is 0 Å². The molecule has 5 saturated carbocycles. The Morgan fingerprint density at radius 2 is 1.63 bits per heavy atom. The molecule has 0 radical (unpaired) electrons. The summed E-state index contributed by atoms with van der Waals surface area (Å²) in [5.74, 6) is -1.16. The summed E-state index contributed by atoms with van der Waals surface area (Å²) in [6, 6.07) is 0. The molecular formula is C41H62O11. The highest BCUT2D eigenvalue weighted by Crippen LogP contribution is 2.90. The van der Waals surface area contributed by atoms with Crippen LogP contribution in [0.5, 0.6) is 0 Å². The van der Waals surface area contributed by atoms with Gasteiger partial charge in [-0.1, -0.05) is 40.7 Å². The van der Waals surface area contributed by atoms with Gasteiger partial charge in [-0.3, -0.25) is 4.79 Å². The summed E-state index contributed by atoms with van der Waals surface area (Å²) in [4.78, 5) is 24.6. The van der Waals surface area contributed by atoms with E-state index in [1.54, 1.807) is 13.0 Å². The first-order chi connectivity index (χ1) is 24.3. The predicted molar refractivity (Wildman–Crippen MR) is 187 cm³/mol. The molecule has 11 nitrogen and oxygen atoms in total. The fourth-order valence-corrected chi connectivity index (χ4v) is 14.8. The standard InChI is InChI=1S/C41H62O11/c1-10-11-28(44)49-30-29(45)23(43)19-47-33(30)48-27-14-15-39-20-40(39)17-16-37(8)31-21(2)18-24-32(36(6,7)50-22(3)42)52-41(31,51-24)34(46)38(37,9)26(40)13-12-25(39)35(27,4)5/h10-11,21,23-27,29-34,43,45-46H,12-20H2,1-9H3. The minimum atomic E-state index is -1.32. The van der Waals surface area contributed by atoms with Crippen molar-refractivity contribution >= 4 is 11.9 Å². The van der Waals surface area contributed by atoms with E-state index in [0.717, 1.165) is 51.4 Å². The highest BCUT2D eigenvalue weighted by Gasteiger charge is 2.88. The number of rotatable bonds is 6. The van der Waals surface area contributed by atoms with Crippen LogP contribution in [0.25, 0.3) is 0 Å². The van der Waals surface area contributed by atoms with E-state index in [-0.39, 0.29) is 58.3 Å². The van der Waals surface area contributed by atoms with Crippen molar-refractivity contribution in [3.05, 3.63) is 12.2 Å². The fraction of sp³-hybridized carbons (Fsp3) is 0.902. The van der Waals surface area contributed by atoms with Gasteiger partial charge in [0, 0.05) is 24.3 Å². The van der Waals surface area contributed by atoms with Crippen LogP contribution in [0.3, 0.4) is 0 Å². The first-order valence-electron chi connectivity index (χ1n) is 20.0. The van der Waals surface area contributed by atoms with E-state index in [1.807, 2.05) is 13.8 Å². The number of hydrogen-bond donors (Lipinski definition) is 3. The maximum absolute atomic E-state index is 12.9. The van der Waals surface area contributed by atoms with Crippen LogP contribution in [0.2, 0.25) is 0 Å². The SMILES string of the molecule is CC=CC(=O)OC1C(OC2CCC34CC35CCC3(C)C6C(C)CC7OC6(OC7C(C)(C)OC(C)=O)C(O)C3(C)C5CCC4C2(C)C)OCC(O)C1O. The minimum Gasteiger partial charge on any atom is -0.457 e. The summed E-state index contributed by atoms with van der Waals surface area (Å²) < 4.78 is 38.0. The zero-order valence-corrected chi connectivity index (χ0v) is 32.6. The Balaban J connectivity index is 1.06. The Hall–Kier alpha value is -1.60. The topological polar surface area (TPSA) is 150 Å². The van der Waals surface area contributed by atoms with Crippen LogP contribution in [-0.4, -0.2) is 94.3 Å². The number of fused-ring (bicyclic) bond motifs is 4. The lowest BCUT2D eigenvalue weighted by atomic mass is 9.41. The number of carbonyl (C=O) groups excluding carboxylic acids is 2. The minimum absolute atomic E-state index is 0.0129. The number of ether oxygens (including phenoxy) is 6. The monoisotopic (exact) mass is 730 g/mol. The van der Waals surface area contributed by atoms with Crippen molar-refractivity contribution in [2.24, 2.45) is 50.7 Å². The molecule has 3 spiro atoms. The number of esters is 2. The molecule has 17 atom stereocenters. The van der Waals surface area contributed by atoms with Crippen molar-refractivity contribution in [1.82, 2.24) is 0 Å². The summed E-state index contributed by atoms with van der Waals surface area (Å²) in [5.41, 5.74) is -1.56. The van der Waals surface area contributed by atoms with Gasteiger partial charge in [0.15, 0.2) is 18.2 Å². The molecule has 5 aliphatic carbocycles. The average molecular weight is 731 g/mol. The first kappa shape index (κ1) is 37.3.